The average Bonchev–Trinajstić information content (AvgIpc) is 2.52. The summed E-state index contributed by atoms with van der Waals surface area (Å²) in [5.41, 5.74) is 5.36. The first kappa shape index (κ1) is 18.2. The molecule has 0 spiro atoms. The molecule has 0 fully saturated rings. The first-order valence-corrected chi connectivity index (χ1v) is 9.10. The Hall–Kier alpha value is -1.18. The molecule has 0 saturated heterocycles. The van der Waals surface area contributed by atoms with Gasteiger partial charge >= 0.3 is 0 Å². The van der Waals surface area contributed by atoms with Gasteiger partial charge in [0.15, 0.2) is 0 Å². The van der Waals surface area contributed by atoms with Crippen molar-refractivity contribution in [1.29, 1.82) is 0 Å². The highest BCUT2D eigenvalue weighted by atomic mass is 79.9. The summed E-state index contributed by atoms with van der Waals surface area (Å²) in [5, 5.41) is 6.99. The van der Waals surface area contributed by atoms with Gasteiger partial charge in [0.25, 0.3) is 5.91 Å². The molecule has 0 bridgehead atoms. The van der Waals surface area contributed by atoms with E-state index < -0.39 is 0 Å². The lowest BCUT2D eigenvalue weighted by Gasteiger charge is -2.09. The minimum atomic E-state index is -0.216. The molecule has 0 atom stereocenters. The maximum atomic E-state index is 11.8. The van der Waals surface area contributed by atoms with E-state index in [1.807, 2.05) is 43.3 Å². The van der Waals surface area contributed by atoms with Crippen molar-refractivity contribution in [3.8, 4) is 0 Å². The number of anilines is 1. The fraction of sp³-hybridized carbons (Fsp3) is 0.125. The molecule has 0 unspecified atom stereocenters. The molecule has 0 aromatic heterocycles. The number of carbonyl (C=O) groups is 1. The minimum Gasteiger partial charge on any atom is -0.376 e. The van der Waals surface area contributed by atoms with E-state index in [1.165, 1.54) is 0 Å². The third kappa shape index (κ3) is 5.75. The predicted molar refractivity (Wildman–Crippen MR) is 105 cm³/mol. The van der Waals surface area contributed by atoms with Crippen molar-refractivity contribution < 1.29 is 4.79 Å². The van der Waals surface area contributed by atoms with Crippen LogP contribution in [0.4, 0.5) is 5.69 Å². The molecule has 2 N–H and O–H groups in total. The highest BCUT2D eigenvalue weighted by molar-refractivity contribution is 9.11. The summed E-state index contributed by atoms with van der Waals surface area (Å²) in [6.07, 6.45) is 1.60. The van der Waals surface area contributed by atoms with Crippen LogP contribution in [-0.4, -0.2) is 18.7 Å². The second kappa shape index (κ2) is 8.61. The summed E-state index contributed by atoms with van der Waals surface area (Å²) in [6.45, 7) is 2.14. The van der Waals surface area contributed by atoms with Gasteiger partial charge in [0, 0.05) is 19.1 Å². The van der Waals surface area contributed by atoms with Crippen molar-refractivity contribution in [2.45, 2.75) is 6.92 Å². The Kier molecular flexibility index (Phi) is 6.80. The Bertz CT molecular complexity index is 707. The number of nitrogens with one attached hydrogen (secondary N) is 2. The predicted octanol–water partition coefficient (Wildman–Crippen LogP) is 4.84. The molecule has 0 saturated carbocycles. The van der Waals surface area contributed by atoms with Crippen LogP contribution in [0.5, 0.6) is 0 Å². The van der Waals surface area contributed by atoms with Crippen LogP contribution in [0.3, 0.4) is 0 Å². The van der Waals surface area contributed by atoms with Crippen molar-refractivity contribution in [3.05, 3.63) is 60.9 Å². The van der Waals surface area contributed by atoms with E-state index in [4.69, 9.17) is 0 Å². The van der Waals surface area contributed by atoms with Crippen LogP contribution in [0.25, 0.3) is 0 Å². The Morgan fingerprint density at radius 2 is 1.74 bits per heavy atom. The van der Waals surface area contributed by atoms with Gasteiger partial charge in [0.1, 0.15) is 0 Å². The lowest BCUT2D eigenvalue weighted by molar-refractivity contribution is -0.119. The molecule has 2 aromatic rings. The van der Waals surface area contributed by atoms with Crippen molar-refractivity contribution in [3.63, 3.8) is 0 Å². The highest BCUT2D eigenvalue weighted by Crippen LogP contribution is 2.28. The second-order valence-corrected chi connectivity index (χ2v) is 7.39. The lowest BCUT2D eigenvalue weighted by Crippen LogP contribution is -2.25. The second-order valence-electron chi connectivity index (χ2n) is 4.76. The average molecular weight is 504 g/mol. The number of halogens is 3. The fourth-order valence-electron chi connectivity index (χ4n) is 1.70. The molecule has 120 valence electrons. The van der Waals surface area contributed by atoms with Crippen molar-refractivity contribution in [2.75, 3.05) is 11.9 Å². The molecule has 0 aliphatic carbocycles. The Labute approximate surface area is 160 Å². The van der Waals surface area contributed by atoms with E-state index in [0.717, 1.165) is 30.2 Å². The Morgan fingerprint density at radius 1 is 1.13 bits per heavy atom. The van der Waals surface area contributed by atoms with Crippen LogP contribution < -0.4 is 10.7 Å². The van der Waals surface area contributed by atoms with E-state index in [0.29, 0.717) is 0 Å². The fourth-order valence-corrected chi connectivity index (χ4v) is 3.15. The van der Waals surface area contributed by atoms with Gasteiger partial charge in [-0.15, -0.1) is 0 Å². The first-order chi connectivity index (χ1) is 11.0. The third-order valence-electron chi connectivity index (χ3n) is 3.01. The van der Waals surface area contributed by atoms with Crippen LogP contribution in [0.2, 0.25) is 0 Å². The van der Waals surface area contributed by atoms with E-state index >= 15 is 0 Å². The van der Waals surface area contributed by atoms with Gasteiger partial charge in [-0.25, -0.2) is 5.43 Å². The van der Waals surface area contributed by atoms with E-state index in [1.54, 1.807) is 6.21 Å². The topological polar surface area (TPSA) is 53.5 Å². The number of rotatable bonds is 5. The molecule has 7 heteroatoms. The summed E-state index contributed by atoms with van der Waals surface area (Å²) < 4.78 is 2.95. The molecule has 2 rings (SSSR count). The van der Waals surface area contributed by atoms with E-state index in [-0.39, 0.29) is 12.5 Å². The molecular formula is C16H14Br3N3O. The summed E-state index contributed by atoms with van der Waals surface area (Å²) in [4.78, 5) is 11.8. The largest absolute Gasteiger partial charge is 0.376 e. The number of nitrogens with zero attached hydrogens (tertiary/aromatic N) is 1. The zero-order valence-corrected chi connectivity index (χ0v) is 17.0. The molecule has 0 aliphatic rings. The zero-order chi connectivity index (χ0) is 16.8. The molecule has 4 nitrogen and oxygen atoms in total. The van der Waals surface area contributed by atoms with Gasteiger partial charge in [-0.1, -0.05) is 59.9 Å². The number of carbonyl (C=O) groups excluding carboxylic acids is 1. The lowest BCUT2D eigenvalue weighted by atomic mass is 10.2. The summed E-state index contributed by atoms with van der Waals surface area (Å²) in [6, 6.07) is 11.5. The molecule has 0 heterocycles. The van der Waals surface area contributed by atoms with Gasteiger partial charge in [0.2, 0.25) is 0 Å². The number of hydrogen-bond donors (Lipinski definition) is 2. The van der Waals surface area contributed by atoms with Gasteiger partial charge in [-0.05, 0) is 42.3 Å². The smallest absolute Gasteiger partial charge is 0.259 e. The van der Waals surface area contributed by atoms with Gasteiger partial charge < -0.3 is 5.32 Å². The molecular weight excluding hydrogens is 490 g/mol. The minimum absolute atomic E-state index is 0.139. The molecule has 23 heavy (non-hydrogen) atoms. The van der Waals surface area contributed by atoms with Gasteiger partial charge in [-0.3, -0.25) is 4.79 Å². The first-order valence-electron chi connectivity index (χ1n) is 6.72. The number of amides is 1. The van der Waals surface area contributed by atoms with Crippen molar-refractivity contribution in [1.82, 2.24) is 5.43 Å². The van der Waals surface area contributed by atoms with Gasteiger partial charge in [-0.2, -0.15) is 5.10 Å². The quantitative estimate of drug-likeness (QED) is 0.453. The third-order valence-corrected chi connectivity index (χ3v) is 5.18. The Balaban J connectivity index is 1.84. The molecule has 0 aliphatic heterocycles. The number of hydrogen-bond acceptors (Lipinski definition) is 3. The molecule has 2 aromatic carbocycles. The van der Waals surface area contributed by atoms with Crippen molar-refractivity contribution >= 4 is 65.6 Å². The van der Waals surface area contributed by atoms with Crippen LogP contribution in [-0.2, 0) is 4.79 Å². The summed E-state index contributed by atoms with van der Waals surface area (Å²) in [5.74, 6) is -0.216. The highest BCUT2D eigenvalue weighted by Gasteiger charge is 2.05. The monoisotopic (exact) mass is 501 g/mol. The molecule has 0 radical (unpaired) electrons. The van der Waals surface area contributed by atoms with E-state index in [2.05, 4.69) is 63.6 Å². The maximum absolute atomic E-state index is 11.8. The van der Waals surface area contributed by atoms with E-state index in [9.17, 15) is 4.79 Å². The normalized spacial score (nSPS) is 10.8. The maximum Gasteiger partial charge on any atom is 0.259 e. The SMILES string of the molecule is Cc1c(Br)cc(NCC(=O)NN=Cc2ccc(Br)cc2)cc1Br. The molecule has 1 amide bonds. The number of hydrazone groups is 1. The van der Waals surface area contributed by atoms with Crippen LogP contribution in [0.1, 0.15) is 11.1 Å². The number of benzene rings is 2. The standard InChI is InChI=1S/C16H14Br3N3O/c1-10-14(18)6-13(7-15(10)19)20-9-16(23)22-21-8-11-2-4-12(17)5-3-11/h2-8,20H,9H2,1H3,(H,22,23). The zero-order valence-electron chi connectivity index (χ0n) is 12.2. The summed E-state index contributed by atoms with van der Waals surface area (Å²) >= 11 is 10.3. The van der Waals surface area contributed by atoms with Crippen LogP contribution in [0.15, 0.2) is 54.9 Å². The summed E-state index contributed by atoms with van der Waals surface area (Å²) in [7, 11) is 0. The van der Waals surface area contributed by atoms with Crippen LogP contribution >= 0.6 is 47.8 Å². The van der Waals surface area contributed by atoms with Gasteiger partial charge in [0.05, 0.1) is 12.8 Å². The Morgan fingerprint density at radius 3 is 2.35 bits per heavy atom. The van der Waals surface area contributed by atoms with Crippen LogP contribution in [0, 0.1) is 6.92 Å². The van der Waals surface area contributed by atoms with Crippen molar-refractivity contribution in [2.24, 2.45) is 5.10 Å².